The minimum absolute atomic E-state index is 0.0126. The first kappa shape index (κ1) is 18.9. The van der Waals surface area contributed by atoms with Crippen molar-refractivity contribution in [1.82, 2.24) is 10.2 Å². The third-order valence-electron chi connectivity index (χ3n) is 3.93. The van der Waals surface area contributed by atoms with Crippen molar-refractivity contribution in [2.75, 3.05) is 19.6 Å². The van der Waals surface area contributed by atoms with E-state index in [1.54, 1.807) is 4.90 Å². The lowest BCUT2D eigenvalue weighted by Gasteiger charge is -2.37. The minimum Gasteiger partial charge on any atom is -0.444 e. The van der Waals surface area contributed by atoms with Gasteiger partial charge < -0.3 is 10.1 Å². The predicted octanol–water partition coefficient (Wildman–Crippen LogP) is 2.98. The molecular formula is C17H32N2O3. The predicted molar refractivity (Wildman–Crippen MR) is 87.9 cm³/mol. The number of carbonyl (C=O) groups is 2. The number of ether oxygens (including phenoxy) is 1. The fraction of sp³-hybridized carbons (Fsp3) is 0.882. The SMILES string of the molecule is CCCCCC(C)C(=O)C1CNCCN1C(=O)OC(C)(C)C. The second-order valence-electron chi connectivity index (χ2n) is 7.19. The van der Waals surface area contributed by atoms with Crippen LogP contribution in [0.5, 0.6) is 0 Å². The molecule has 128 valence electrons. The maximum Gasteiger partial charge on any atom is 0.410 e. The van der Waals surface area contributed by atoms with Crippen LogP contribution in [0, 0.1) is 5.92 Å². The summed E-state index contributed by atoms with van der Waals surface area (Å²) in [6, 6.07) is -0.403. The average molecular weight is 312 g/mol. The van der Waals surface area contributed by atoms with Gasteiger partial charge in [0.25, 0.3) is 0 Å². The van der Waals surface area contributed by atoms with Crippen molar-refractivity contribution in [3.8, 4) is 0 Å². The maximum absolute atomic E-state index is 12.7. The lowest BCUT2D eigenvalue weighted by molar-refractivity contribution is -0.128. The summed E-state index contributed by atoms with van der Waals surface area (Å²) >= 11 is 0. The number of unbranched alkanes of at least 4 members (excludes halogenated alkanes) is 2. The molecule has 0 bridgehead atoms. The fourth-order valence-corrected chi connectivity index (χ4v) is 2.67. The van der Waals surface area contributed by atoms with Crippen LogP contribution >= 0.6 is 0 Å². The third-order valence-corrected chi connectivity index (χ3v) is 3.93. The van der Waals surface area contributed by atoms with E-state index in [1.165, 1.54) is 0 Å². The molecule has 1 aliphatic rings. The molecule has 1 heterocycles. The van der Waals surface area contributed by atoms with Crippen LogP contribution in [0.2, 0.25) is 0 Å². The maximum atomic E-state index is 12.7. The quantitative estimate of drug-likeness (QED) is 0.766. The number of nitrogens with zero attached hydrogens (tertiary/aromatic N) is 1. The molecule has 0 radical (unpaired) electrons. The number of hydrogen-bond donors (Lipinski definition) is 1. The molecule has 0 aliphatic carbocycles. The van der Waals surface area contributed by atoms with Crippen LogP contribution in [-0.2, 0) is 9.53 Å². The minimum atomic E-state index is -0.539. The Balaban J connectivity index is 2.67. The molecule has 0 aromatic heterocycles. The summed E-state index contributed by atoms with van der Waals surface area (Å²) < 4.78 is 5.44. The molecule has 1 saturated heterocycles. The van der Waals surface area contributed by atoms with Crippen molar-refractivity contribution in [1.29, 1.82) is 0 Å². The van der Waals surface area contributed by atoms with E-state index in [1.807, 2.05) is 27.7 Å². The van der Waals surface area contributed by atoms with Crippen LogP contribution in [-0.4, -0.2) is 48.1 Å². The number of rotatable bonds is 6. The molecule has 1 fully saturated rings. The van der Waals surface area contributed by atoms with Crippen molar-refractivity contribution in [3.63, 3.8) is 0 Å². The van der Waals surface area contributed by atoms with Crippen LogP contribution in [0.4, 0.5) is 4.79 Å². The van der Waals surface area contributed by atoms with E-state index in [2.05, 4.69) is 12.2 Å². The van der Waals surface area contributed by atoms with Gasteiger partial charge >= 0.3 is 6.09 Å². The summed E-state index contributed by atoms with van der Waals surface area (Å²) in [7, 11) is 0. The van der Waals surface area contributed by atoms with Crippen LogP contribution in [0.3, 0.4) is 0 Å². The first-order chi connectivity index (χ1) is 10.3. The van der Waals surface area contributed by atoms with Crippen molar-refractivity contribution < 1.29 is 14.3 Å². The fourth-order valence-electron chi connectivity index (χ4n) is 2.67. The number of nitrogens with one attached hydrogen (secondary N) is 1. The van der Waals surface area contributed by atoms with Crippen LogP contribution < -0.4 is 5.32 Å². The van der Waals surface area contributed by atoms with E-state index in [-0.39, 0.29) is 17.8 Å². The number of Topliss-reactive ketones (excluding diaryl/α,β-unsaturated/α-hetero) is 1. The molecule has 1 amide bonds. The normalized spacial score (nSPS) is 20.6. The molecule has 5 nitrogen and oxygen atoms in total. The highest BCUT2D eigenvalue weighted by atomic mass is 16.6. The number of carbonyl (C=O) groups excluding carboxylic acids is 2. The summed E-state index contributed by atoms with van der Waals surface area (Å²) in [6.07, 6.45) is 3.88. The van der Waals surface area contributed by atoms with Crippen LogP contribution in [0.25, 0.3) is 0 Å². The van der Waals surface area contributed by atoms with Crippen LogP contribution in [0.1, 0.15) is 60.3 Å². The zero-order valence-electron chi connectivity index (χ0n) is 14.8. The average Bonchev–Trinajstić information content (AvgIpc) is 2.44. The Labute approximate surface area is 134 Å². The van der Waals surface area contributed by atoms with E-state index in [9.17, 15) is 9.59 Å². The first-order valence-corrected chi connectivity index (χ1v) is 8.50. The van der Waals surface area contributed by atoms with Gasteiger partial charge in [-0.15, -0.1) is 0 Å². The molecule has 1 rings (SSSR count). The van der Waals surface area contributed by atoms with Gasteiger partial charge in [0.2, 0.25) is 0 Å². The number of hydrogen-bond acceptors (Lipinski definition) is 4. The monoisotopic (exact) mass is 312 g/mol. The highest BCUT2D eigenvalue weighted by molar-refractivity contribution is 5.89. The summed E-state index contributed by atoms with van der Waals surface area (Å²) in [5.41, 5.74) is -0.539. The summed E-state index contributed by atoms with van der Waals surface area (Å²) in [6.45, 7) is 11.4. The molecular weight excluding hydrogens is 280 g/mol. The van der Waals surface area contributed by atoms with Crippen molar-refractivity contribution >= 4 is 11.9 Å². The molecule has 0 aromatic carbocycles. The Kier molecular flexibility index (Phi) is 7.33. The zero-order valence-corrected chi connectivity index (χ0v) is 14.8. The second kappa shape index (κ2) is 8.51. The molecule has 0 spiro atoms. The van der Waals surface area contributed by atoms with Gasteiger partial charge in [-0.25, -0.2) is 4.79 Å². The number of piperazine rings is 1. The summed E-state index contributed by atoms with van der Waals surface area (Å²) in [4.78, 5) is 26.6. The Bertz CT molecular complexity index is 377. The van der Waals surface area contributed by atoms with Gasteiger partial charge in [-0.3, -0.25) is 9.69 Å². The van der Waals surface area contributed by atoms with E-state index in [0.717, 1.165) is 25.7 Å². The Morgan fingerprint density at radius 2 is 2.00 bits per heavy atom. The lowest BCUT2D eigenvalue weighted by atomic mass is 9.92. The van der Waals surface area contributed by atoms with Crippen molar-refractivity contribution in [3.05, 3.63) is 0 Å². The molecule has 2 unspecified atom stereocenters. The van der Waals surface area contributed by atoms with E-state index in [4.69, 9.17) is 4.74 Å². The van der Waals surface area contributed by atoms with Gasteiger partial charge in [0.15, 0.2) is 5.78 Å². The Morgan fingerprint density at radius 1 is 1.32 bits per heavy atom. The second-order valence-corrected chi connectivity index (χ2v) is 7.19. The molecule has 1 aliphatic heterocycles. The lowest BCUT2D eigenvalue weighted by Crippen LogP contribution is -2.58. The van der Waals surface area contributed by atoms with Gasteiger partial charge in [0.1, 0.15) is 11.6 Å². The highest BCUT2D eigenvalue weighted by Gasteiger charge is 2.36. The molecule has 22 heavy (non-hydrogen) atoms. The topological polar surface area (TPSA) is 58.6 Å². The smallest absolute Gasteiger partial charge is 0.410 e. The van der Waals surface area contributed by atoms with E-state index < -0.39 is 11.6 Å². The molecule has 2 atom stereocenters. The van der Waals surface area contributed by atoms with Crippen molar-refractivity contribution in [2.45, 2.75) is 71.9 Å². The Hall–Kier alpha value is -1.10. The molecule has 5 heteroatoms. The van der Waals surface area contributed by atoms with Crippen molar-refractivity contribution in [2.24, 2.45) is 5.92 Å². The Morgan fingerprint density at radius 3 is 2.59 bits per heavy atom. The van der Waals surface area contributed by atoms with Gasteiger partial charge in [-0.2, -0.15) is 0 Å². The third kappa shape index (κ3) is 5.95. The molecule has 0 saturated carbocycles. The summed E-state index contributed by atoms with van der Waals surface area (Å²) in [5.74, 6) is 0.135. The molecule has 0 aromatic rings. The largest absolute Gasteiger partial charge is 0.444 e. The number of ketones is 1. The summed E-state index contributed by atoms with van der Waals surface area (Å²) in [5, 5.41) is 3.22. The van der Waals surface area contributed by atoms with E-state index in [0.29, 0.717) is 19.6 Å². The van der Waals surface area contributed by atoms with Gasteiger partial charge in [-0.1, -0.05) is 33.1 Å². The zero-order chi connectivity index (χ0) is 16.8. The van der Waals surface area contributed by atoms with Gasteiger partial charge in [0.05, 0.1) is 0 Å². The highest BCUT2D eigenvalue weighted by Crippen LogP contribution is 2.18. The standard InChI is InChI=1S/C17H32N2O3/c1-6-7-8-9-13(2)15(20)14-12-18-10-11-19(14)16(21)22-17(3,4)5/h13-14,18H,6-12H2,1-5H3. The van der Waals surface area contributed by atoms with Gasteiger partial charge in [0, 0.05) is 25.6 Å². The molecule has 1 N–H and O–H groups in total. The van der Waals surface area contributed by atoms with E-state index >= 15 is 0 Å². The number of amides is 1. The van der Waals surface area contributed by atoms with Gasteiger partial charge in [-0.05, 0) is 27.2 Å². The first-order valence-electron chi connectivity index (χ1n) is 8.50. The van der Waals surface area contributed by atoms with Crippen LogP contribution in [0.15, 0.2) is 0 Å².